The van der Waals surface area contributed by atoms with Gasteiger partial charge in [-0.25, -0.2) is 17.5 Å². The van der Waals surface area contributed by atoms with Crippen molar-refractivity contribution in [2.45, 2.75) is 18.0 Å². The fourth-order valence-corrected chi connectivity index (χ4v) is 3.56. The van der Waals surface area contributed by atoms with Gasteiger partial charge in [-0.1, -0.05) is 5.16 Å². The summed E-state index contributed by atoms with van der Waals surface area (Å²) in [4.78, 5) is 14.9. The number of carbonyl (C=O) groups excluding carboxylic acids is 1. The Hall–Kier alpha value is -3.28. The summed E-state index contributed by atoms with van der Waals surface area (Å²) in [5.41, 5.74) is -1.42. The number of carbonyl (C=O) groups is 1. The molecule has 2 aromatic carbocycles. The second-order valence-corrected chi connectivity index (χ2v) is 7.45. The molecule has 0 saturated heterocycles. The quantitative estimate of drug-likeness (QED) is 0.639. The largest absolute Gasteiger partial charge is 0.417 e. The molecule has 1 aromatic heterocycles. The van der Waals surface area contributed by atoms with E-state index in [9.17, 15) is 30.8 Å². The fraction of sp³-hybridized carbons (Fsp3) is 0.118. The lowest BCUT2D eigenvalue weighted by atomic mass is 10.1. The van der Waals surface area contributed by atoms with Crippen LogP contribution < -0.4 is 4.72 Å². The highest BCUT2D eigenvalue weighted by atomic mass is 32.2. The number of hydrogen-bond donors (Lipinski definition) is 1. The van der Waals surface area contributed by atoms with Crippen LogP contribution in [-0.2, 0) is 16.2 Å². The number of aryl methyl sites for hydroxylation is 1. The monoisotopic (exact) mass is 429 g/mol. The minimum atomic E-state index is -5.14. The van der Waals surface area contributed by atoms with Crippen LogP contribution >= 0.6 is 0 Å². The Morgan fingerprint density at radius 1 is 1.10 bits per heavy atom. The van der Waals surface area contributed by atoms with Crippen molar-refractivity contribution in [3.63, 3.8) is 0 Å². The van der Waals surface area contributed by atoms with E-state index in [-0.39, 0.29) is 17.5 Å². The first-order chi connectivity index (χ1) is 13.5. The molecule has 0 bridgehead atoms. The Morgan fingerprint density at radius 2 is 1.76 bits per heavy atom. The Bertz CT molecular complexity index is 1170. The van der Waals surface area contributed by atoms with Crippen molar-refractivity contribution < 1.29 is 35.3 Å². The summed E-state index contributed by atoms with van der Waals surface area (Å²) in [5, 5.41) is 3.60. The zero-order valence-corrected chi connectivity index (χ0v) is 15.3. The van der Waals surface area contributed by atoms with Crippen molar-refractivity contribution in [2.75, 3.05) is 0 Å². The molecule has 152 valence electrons. The molecule has 0 fully saturated rings. The van der Waals surface area contributed by atoms with Gasteiger partial charge in [0.05, 0.1) is 10.5 Å². The molecule has 1 N–H and O–H groups in total. The molecule has 7 nitrogen and oxygen atoms in total. The predicted molar refractivity (Wildman–Crippen MR) is 90.5 cm³/mol. The van der Waals surface area contributed by atoms with Crippen molar-refractivity contribution in [1.82, 2.24) is 14.9 Å². The van der Waals surface area contributed by atoms with E-state index in [1.807, 2.05) is 0 Å². The van der Waals surface area contributed by atoms with Crippen LogP contribution in [0.4, 0.5) is 17.6 Å². The first-order valence-corrected chi connectivity index (χ1v) is 9.30. The Balaban J connectivity index is 1.87. The third-order valence-corrected chi connectivity index (χ3v) is 5.07. The summed E-state index contributed by atoms with van der Waals surface area (Å²) in [6, 6.07) is 6.29. The lowest BCUT2D eigenvalue weighted by Crippen LogP contribution is -2.32. The normalized spacial score (nSPS) is 12.0. The zero-order chi connectivity index (χ0) is 21.4. The van der Waals surface area contributed by atoms with Gasteiger partial charge in [0.15, 0.2) is 5.82 Å². The van der Waals surface area contributed by atoms with Crippen LogP contribution in [0.1, 0.15) is 21.7 Å². The van der Waals surface area contributed by atoms with E-state index < -0.39 is 38.4 Å². The van der Waals surface area contributed by atoms with E-state index >= 15 is 0 Å². The SMILES string of the molecule is Cc1noc(-c2ccc(C(=O)NS(=O)(=O)c3ccc(F)cc3C(F)(F)F)cc2)n1. The highest BCUT2D eigenvalue weighted by Gasteiger charge is 2.38. The molecule has 3 aromatic rings. The smallest absolute Gasteiger partial charge is 0.334 e. The molecule has 0 aliphatic carbocycles. The number of benzene rings is 2. The van der Waals surface area contributed by atoms with Crippen molar-refractivity contribution in [3.8, 4) is 11.5 Å². The number of halogens is 4. The van der Waals surface area contributed by atoms with Gasteiger partial charge in [0.1, 0.15) is 5.82 Å². The summed E-state index contributed by atoms with van der Waals surface area (Å²) in [6.45, 7) is 1.60. The Morgan fingerprint density at radius 3 is 2.31 bits per heavy atom. The molecule has 0 radical (unpaired) electrons. The Kier molecular flexibility index (Phi) is 5.13. The van der Waals surface area contributed by atoms with Gasteiger partial charge in [0, 0.05) is 11.1 Å². The van der Waals surface area contributed by atoms with Crippen molar-refractivity contribution >= 4 is 15.9 Å². The lowest BCUT2D eigenvalue weighted by molar-refractivity contribution is -0.140. The van der Waals surface area contributed by atoms with Crippen LogP contribution in [0.5, 0.6) is 0 Å². The minimum Gasteiger partial charge on any atom is -0.334 e. The molecule has 1 amide bonds. The topological polar surface area (TPSA) is 102 Å². The highest BCUT2D eigenvalue weighted by molar-refractivity contribution is 7.90. The molecule has 0 aliphatic heterocycles. The van der Waals surface area contributed by atoms with Crippen LogP contribution in [0.3, 0.4) is 0 Å². The number of nitrogens with one attached hydrogen (secondary N) is 1. The summed E-state index contributed by atoms with van der Waals surface area (Å²) >= 11 is 0. The number of alkyl halides is 3. The maximum Gasteiger partial charge on any atom is 0.417 e. The van der Waals surface area contributed by atoms with Crippen LogP contribution in [0.2, 0.25) is 0 Å². The molecule has 0 aliphatic rings. The van der Waals surface area contributed by atoms with Gasteiger partial charge in [-0.05, 0) is 49.4 Å². The fourth-order valence-electron chi connectivity index (χ4n) is 2.37. The second kappa shape index (κ2) is 7.28. The third kappa shape index (κ3) is 4.42. The van der Waals surface area contributed by atoms with Gasteiger partial charge < -0.3 is 4.52 Å². The lowest BCUT2D eigenvalue weighted by Gasteiger charge is -2.14. The number of nitrogens with zero attached hydrogens (tertiary/aromatic N) is 2. The number of sulfonamides is 1. The summed E-state index contributed by atoms with van der Waals surface area (Å²) in [6.07, 6.45) is -5.14. The molecular weight excluding hydrogens is 418 g/mol. The van der Waals surface area contributed by atoms with E-state index in [0.29, 0.717) is 23.5 Å². The molecule has 0 saturated carbocycles. The number of rotatable bonds is 4. The average molecular weight is 429 g/mol. The van der Waals surface area contributed by atoms with E-state index in [1.54, 1.807) is 11.6 Å². The highest BCUT2D eigenvalue weighted by Crippen LogP contribution is 2.34. The van der Waals surface area contributed by atoms with Crippen LogP contribution in [-0.4, -0.2) is 24.5 Å². The van der Waals surface area contributed by atoms with E-state index in [0.717, 1.165) is 0 Å². The van der Waals surface area contributed by atoms with Gasteiger partial charge >= 0.3 is 6.18 Å². The second-order valence-electron chi connectivity index (χ2n) is 5.80. The molecule has 29 heavy (non-hydrogen) atoms. The number of hydrogen-bond acceptors (Lipinski definition) is 6. The van der Waals surface area contributed by atoms with Crippen LogP contribution in [0.25, 0.3) is 11.5 Å². The van der Waals surface area contributed by atoms with Gasteiger partial charge in [-0.15, -0.1) is 0 Å². The minimum absolute atomic E-state index is 0.0419. The molecule has 1 heterocycles. The van der Waals surface area contributed by atoms with Gasteiger partial charge in [-0.3, -0.25) is 4.79 Å². The van der Waals surface area contributed by atoms with E-state index in [2.05, 4.69) is 10.1 Å². The molecule has 0 spiro atoms. The number of amides is 1. The molecule has 0 atom stereocenters. The van der Waals surface area contributed by atoms with Crippen LogP contribution in [0, 0.1) is 12.7 Å². The van der Waals surface area contributed by atoms with E-state index in [1.165, 1.54) is 24.3 Å². The standard InChI is InChI=1S/C17H11F4N3O4S/c1-9-22-16(28-23-9)11-4-2-10(3-5-11)15(25)24-29(26,27)14-7-6-12(18)8-13(14)17(19,20)21/h2-8H,1H3,(H,24,25). The Labute approximate surface area is 161 Å². The number of aromatic nitrogens is 2. The van der Waals surface area contributed by atoms with Gasteiger partial charge in [0.25, 0.3) is 21.8 Å². The third-order valence-electron chi connectivity index (χ3n) is 3.69. The summed E-state index contributed by atoms with van der Waals surface area (Å²) < 4.78 is 83.5. The van der Waals surface area contributed by atoms with Crippen molar-refractivity contribution in [1.29, 1.82) is 0 Å². The molecule has 3 rings (SSSR count). The average Bonchev–Trinajstić information content (AvgIpc) is 3.07. The maximum atomic E-state index is 13.2. The van der Waals surface area contributed by atoms with Gasteiger partial charge in [-0.2, -0.15) is 18.2 Å². The zero-order valence-electron chi connectivity index (χ0n) is 14.5. The summed E-state index contributed by atoms with van der Waals surface area (Å²) in [5.74, 6) is -1.89. The van der Waals surface area contributed by atoms with Crippen LogP contribution in [0.15, 0.2) is 51.9 Å². The van der Waals surface area contributed by atoms with E-state index in [4.69, 9.17) is 4.52 Å². The first kappa shape index (κ1) is 20.5. The predicted octanol–water partition coefficient (Wildman–Crippen LogP) is 3.32. The summed E-state index contributed by atoms with van der Waals surface area (Å²) in [7, 11) is -4.92. The molecule has 12 heteroatoms. The first-order valence-electron chi connectivity index (χ1n) is 7.82. The van der Waals surface area contributed by atoms with Crippen molar-refractivity contribution in [3.05, 3.63) is 65.2 Å². The maximum absolute atomic E-state index is 13.2. The van der Waals surface area contributed by atoms with Crippen molar-refractivity contribution in [2.24, 2.45) is 0 Å². The molecule has 0 unspecified atom stereocenters. The van der Waals surface area contributed by atoms with Gasteiger partial charge in [0.2, 0.25) is 0 Å². The molecular formula is C17H11F4N3O4S.